The topological polar surface area (TPSA) is 53.6 Å². The second-order valence-corrected chi connectivity index (χ2v) is 2.08. The van der Waals surface area contributed by atoms with Crippen molar-refractivity contribution in [2.45, 2.75) is 5.92 Å². The minimum Gasteiger partial charge on any atom is -0.469 e. The van der Waals surface area contributed by atoms with Crippen LogP contribution in [0.3, 0.4) is 0 Å². The number of rotatable bonds is 3. The van der Waals surface area contributed by atoms with Crippen LogP contribution in [0.2, 0.25) is 0 Å². The third-order valence-electron chi connectivity index (χ3n) is 1.39. The van der Waals surface area contributed by atoms with Crippen LogP contribution in [0.4, 0.5) is 0 Å². The van der Waals surface area contributed by atoms with Crippen LogP contribution in [-0.2, 0) is 0 Å². The molecule has 10 heavy (non-hydrogen) atoms. The van der Waals surface area contributed by atoms with Crippen LogP contribution in [0, 0.1) is 0 Å². The number of furan rings is 1. The van der Waals surface area contributed by atoms with Crippen molar-refractivity contribution in [1.29, 1.82) is 0 Å². The molecule has 3 nitrogen and oxygen atoms in total. The Hall–Kier alpha value is -0.800. The van der Waals surface area contributed by atoms with Gasteiger partial charge in [0, 0.05) is 0 Å². The van der Waals surface area contributed by atoms with Gasteiger partial charge in [-0.2, -0.15) is 0 Å². The van der Waals surface area contributed by atoms with Crippen molar-refractivity contribution >= 4 is 0 Å². The summed E-state index contributed by atoms with van der Waals surface area (Å²) in [5.41, 5.74) is 0. The Morgan fingerprint density at radius 2 is 2.10 bits per heavy atom. The Bertz CT molecular complexity index is 165. The molecular weight excluding hydrogens is 132 g/mol. The predicted molar refractivity (Wildman–Crippen MR) is 35.6 cm³/mol. The second kappa shape index (κ2) is 3.39. The van der Waals surface area contributed by atoms with Crippen molar-refractivity contribution in [3.05, 3.63) is 24.2 Å². The number of hydrogen-bond acceptors (Lipinski definition) is 3. The highest BCUT2D eigenvalue weighted by Gasteiger charge is 2.10. The van der Waals surface area contributed by atoms with Crippen LogP contribution in [-0.4, -0.2) is 23.4 Å². The molecule has 0 atom stereocenters. The van der Waals surface area contributed by atoms with E-state index in [1.54, 1.807) is 12.1 Å². The summed E-state index contributed by atoms with van der Waals surface area (Å²) in [4.78, 5) is 0. The molecule has 0 aliphatic carbocycles. The molecule has 3 heteroatoms. The predicted octanol–water partition coefficient (Wildman–Crippen LogP) is 0.348. The van der Waals surface area contributed by atoms with E-state index in [4.69, 9.17) is 14.6 Å². The summed E-state index contributed by atoms with van der Waals surface area (Å²) in [5.74, 6) is 0.361. The average molecular weight is 142 g/mol. The average Bonchev–Trinajstić information content (AvgIpc) is 2.43. The fourth-order valence-corrected chi connectivity index (χ4v) is 0.761. The lowest BCUT2D eigenvalue weighted by atomic mass is 10.1. The second-order valence-electron chi connectivity index (χ2n) is 2.08. The molecule has 0 amide bonds. The number of aliphatic hydroxyl groups excluding tert-OH is 2. The van der Waals surface area contributed by atoms with Crippen LogP contribution in [0.5, 0.6) is 0 Å². The molecule has 0 aliphatic rings. The van der Waals surface area contributed by atoms with E-state index in [-0.39, 0.29) is 19.1 Å². The highest BCUT2D eigenvalue weighted by Crippen LogP contribution is 2.13. The quantitative estimate of drug-likeness (QED) is 0.640. The summed E-state index contributed by atoms with van der Waals surface area (Å²) in [7, 11) is 0. The largest absolute Gasteiger partial charge is 0.469 e. The van der Waals surface area contributed by atoms with E-state index < -0.39 is 0 Å². The van der Waals surface area contributed by atoms with Gasteiger partial charge in [0.25, 0.3) is 0 Å². The van der Waals surface area contributed by atoms with Crippen LogP contribution < -0.4 is 0 Å². The van der Waals surface area contributed by atoms with E-state index >= 15 is 0 Å². The minimum absolute atomic E-state index is 0.0794. The van der Waals surface area contributed by atoms with Crippen LogP contribution in [0.25, 0.3) is 0 Å². The van der Waals surface area contributed by atoms with E-state index in [0.717, 1.165) is 0 Å². The van der Waals surface area contributed by atoms with E-state index in [1.807, 2.05) is 0 Å². The number of aliphatic hydroxyl groups is 2. The molecule has 0 bridgehead atoms. The summed E-state index contributed by atoms with van der Waals surface area (Å²) in [6.07, 6.45) is 1.52. The fourth-order valence-electron chi connectivity index (χ4n) is 0.761. The Kier molecular flexibility index (Phi) is 2.48. The molecule has 2 N–H and O–H groups in total. The van der Waals surface area contributed by atoms with Gasteiger partial charge in [-0.05, 0) is 12.1 Å². The number of hydrogen-bond donors (Lipinski definition) is 2. The molecule has 0 saturated carbocycles. The summed E-state index contributed by atoms with van der Waals surface area (Å²) < 4.78 is 4.96. The first kappa shape index (κ1) is 7.31. The van der Waals surface area contributed by atoms with E-state index in [9.17, 15) is 0 Å². The Labute approximate surface area is 58.9 Å². The van der Waals surface area contributed by atoms with Crippen molar-refractivity contribution in [1.82, 2.24) is 0 Å². The molecule has 56 valence electrons. The van der Waals surface area contributed by atoms with Crippen LogP contribution in [0.1, 0.15) is 11.7 Å². The maximum Gasteiger partial charge on any atom is 0.111 e. The maximum absolute atomic E-state index is 8.68. The van der Waals surface area contributed by atoms with Gasteiger partial charge in [0.05, 0.1) is 25.4 Å². The lowest BCUT2D eigenvalue weighted by Crippen LogP contribution is -2.07. The first-order chi connectivity index (χ1) is 4.88. The van der Waals surface area contributed by atoms with E-state index in [0.29, 0.717) is 5.76 Å². The first-order valence-corrected chi connectivity index (χ1v) is 3.13. The SMILES string of the molecule is OCC(CO)c1ccco1. The van der Waals surface area contributed by atoms with Crippen LogP contribution in [0.15, 0.2) is 22.8 Å². The Morgan fingerprint density at radius 3 is 2.50 bits per heavy atom. The van der Waals surface area contributed by atoms with Crippen molar-refractivity contribution < 1.29 is 14.6 Å². The van der Waals surface area contributed by atoms with Gasteiger partial charge in [0.1, 0.15) is 5.76 Å². The highest BCUT2D eigenvalue weighted by molar-refractivity contribution is 5.04. The first-order valence-electron chi connectivity index (χ1n) is 3.13. The zero-order valence-corrected chi connectivity index (χ0v) is 5.53. The van der Waals surface area contributed by atoms with Gasteiger partial charge in [0.15, 0.2) is 0 Å². The smallest absolute Gasteiger partial charge is 0.111 e. The highest BCUT2D eigenvalue weighted by atomic mass is 16.3. The van der Waals surface area contributed by atoms with Gasteiger partial charge in [0.2, 0.25) is 0 Å². The van der Waals surface area contributed by atoms with E-state index in [1.165, 1.54) is 6.26 Å². The third kappa shape index (κ3) is 1.37. The molecule has 0 unspecified atom stereocenters. The van der Waals surface area contributed by atoms with Crippen molar-refractivity contribution in [3.8, 4) is 0 Å². The van der Waals surface area contributed by atoms with Crippen molar-refractivity contribution in [2.24, 2.45) is 0 Å². The molecule has 0 fully saturated rings. The zero-order valence-electron chi connectivity index (χ0n) is 5.53. The molecular formula is C7H10O3. The van der Waals surface area contributed by atoms with Gasteiger partial charge in [-0.3, -0.25) is 0 Å². The van der Waals surface area contributed by atoms with Gasteiger partial charge in [-0.25, -0.2) is 0 Å². The lowest BCUT2D eigenvalue weighted by Gasteiger charge is -2.05. The van der Waals surface area contributed by atoms with Gasteiger partial charge in [-0.15, -0.1) is 0 Å². The molecule has 1 heterocycles. The summed E-state index contributed by atoms with van der Waals surface area (Å²) in [5, 5.41) is 17.4. The Morgan fingerprint density at radius 1 is 1.40 bits per heavy atom. The molecule has 1 aromatic heterocycles. The van der Waals surface area contributed by atoms with Gasteiger partial charge in [-0.1, -0.05) is 0 Å². The fraction of sp³-hybridized carbons (Fsp3) is 0.429. The molecule has 1 aromatic rings. The summed E-state index contributed by atoms with van der Waals surface area (Å²) in [6, 6.07) is 3.46. The standard InChI is InChI=1S/C7H10O3/c8-4-6(5-9)7-2-1-3-10-7/h1-3,6,8-9H,4-5H2. The summed E-state index contributed by atoms with van der Waals surface area (Å²) >= 11 is 0. The maximum atomic E-state index is 8.68. The van der Waals surface area contributed by atoms with Crippen molar-refractivity contribution in [2.75, 3.05) is 13.2 Å². The molecule has 0 radical (unpaired) electrons. The molecule has 1 rings (SSSR count). The van der Waals surface area contributed by atoms with Gasteiger partial charge >= 0.3 is 0 Å². The van der Waals surface area contributed by atoms with E-state index in [2.05, 4.69) is 0 Å². The molecule has 0 spiro atoms. The third-order valence-corrected chi connectivity index (χ3v) is 1.39. The molecule has 0 aromatic carbocycles. The minimum atomic E-state index is -0.269. The lowest BCUT2D eigenvalue weighted by molar-refractivity contribution is 0.178. The van der Waals surface area contributed by atoms with Crippen molar-refractivity contribution in [3.63, 3.8) is 0 Å². The summed E-state index contributed by atoms with van der Waals surface area (Å²) in [6.45, 7) is -0.159. The molecule has 0 aliphatic heterocycles. The molecule has 0 saturated heterocycles. The normalized spacial score (nSPS) is 10.7. The van der Waals surface area contributed by atoms with Crippen LogP contribution >= 0.6 is 0 Å². The van der Waals surface area contributed by atoms with Gasteiger partial charge < -0.3 is 14.6 Å². The zero-order chi connectivity index (χ0) is 7.40. The monoisotopic (exact) mass is 142 g/mol. The Balaban J connectivity index is 2.64.